The Balaban J connectivity index is 1.78. The van der Waals surface area contributed by atoms with E-state index in [0.717, 1.165) is 17.8 Å². The molecular formula is C20H26N4O2. The molecule has 0 radical (unpaired) electrons. The van der Waals surface area contributed by atoms with E-state index >= 15 is 0 Å². The molecule has 26 heavy (non-hydrogen) atoms. The molecule has 0 spiro atoms. The quantitative estimate of drug-likeness (QED) is 0.848. The maximum absolute atomic E-state index is 13.0. The van der Waals surface area contributed by atoms with E-state index in [9.17, 15) is 9.59 Å². The molecule has 1 saturated heterocycles. The molecule has 2 heterocycles. The molecule has 2 aromatic rings. The fourth-order valence-corrected chi connectivity index (χ4v) is 3.40. The average molecular weight is 354 g/mol. The van der Waals surface area contributed by atoms with Crippen LogP contribution in [0.1, 0.15) is 37.0 Å². The second-order valence-corrected chi connectivity index (χ2v) is 7.24. The number of hydrogen-bond acceptors (Lipinski definition) is 3. The van der Waals surface area contributed by atoms with Crippen LogP contribution in [-0.2, 0) is 18.3 Å². The van der Waals surface area contributed by atoms with Crippen molar-refractivity contribution in [2.24, 2.45) is 13.0 Å². The van der Waals surface area contributed by atoms with E-state index in [1.165, 1.54) is 0 Å². The van der Waals surface area contributed by atoms with Gasteiger partial charge in [0, 0.05) is 25.8 Å². The second-order valence-electron chi connectivity index (χ2n) is 7.24. The number of hydrogen-bond donors (Lipinski definition) is 0. The Bertz CT molecular complexity index is 797. The fraction of sp³-hybridized carbons (Fsp3) is 0.450. The third-order valence-corrected chi connectivity index (χ3v) is 4.75. The Kier molecular flexibility index (Phi) is 5.11. The van der Waals surface area contributed by atoms with Crippen LogP contribution in [0.15, 0.2) is 36.4 Å². The first-order valence-corrected chi connectivity index (χ1v) is 9.08. The molecule has 0 unspecified atom stereocenters. The molecule has 1 atom stereocenters. The van der Waals surface area contributed by atoms with Crippen molar-refractivity contribution in [3.8, 4) is 0 Å². The Hall–Kier alpha value is -2.63. The van der Waals surface area contributed by atoms with Gasteiger partial charge in [-0.2, -0.15) is 5.10 Å². The third kappa shape index (κ3) is 3.49. The third-order valence-electron chi connectivity index (χ3n) is 4.75. The Morgan fingerprint density at radius 1 is 1.23 bits per heavy atom. The van der Waals surface area contributed by atoms with Gasteiger partial charge in [-0.1, -0.05) is 32.0 Å². The largest absolute Gasteiger partial charge is 0.324 e. The highest BCUT2D eigenvalue weighted by atomic mass is 16.2. The number of aromatic nitrogens is 2. The summed E-state index contributed by atoms with van der Waals surface area (Å²) in [4.78, 5) is 29.2. The number of amides is 2. The van der Waals surface area contributed by atoms with Crippen LogP contribution in [-0.4, -0.2) is 45.6 Å². The van der Waals surface area contributed by atoms with E-state index in [-0.39, 0.29) is 11.8 Å². The summed E-state index contributed by atoms with van der Waals surface area (Å²) < 4.78 is 1.63. The van der Waals surface area contributed by atoms with Gasteiger partial charge in [0.25, 0.3) is 5.91 Å². The number of para-hydroxylation sites is 1. The molecule has 1 aliphatic heterocycles. The van der Waals surface area contributed by atoms with Crippen LogP contribution in [0.25, 0.3) is 0 Å². The van der Waals surface area contributed by atoms with Crippen LogP contribution >= 0.6 is 0 Å². The first-order chi connectivity index (χ1) is 12.4. The van der Waals surface area contributed by atoms with Crippen LogP contribution < -0.4 is 4.90 Å². The van der Waals surface area contributed by atoms with Crippen LogP contribution in [0.2, 0.25) is 0 Å². The lowest BCUT2D eigenvalue weighted by molar-refractivity contribution is -0.124. The van der Waals surface area contributed by atoms with Gasteiger partial charge in [-0.25, -0.2) is 0 Å². The molecule has 0 aliphatic carbocycles. The molecule has 0 N–H and O–H groups in total. The van der Waals surface area contributed by atoms with Gasteiger partial charge in [-0.3, -0.25) is 14.3 Å². The average Bonchev–Trinajstić information content (AvgIpc) is 2.97. The highest BCUT2D eigenvalue weighted by molar-refractivity contribution is 6.02. The lowest BCUT2D eigenvalue weighted by Crippen LogP contribution is -2.58. The monoisotopic (exact) mass is 354 g/mol. The summed E-state index contributed by atoms with van der Waals surface area (Å²) in [6, 6.07) is 10.9. The van der Waals surface area contributed by atoms with Gasteiger partial charge in [-0.15, -0.1) is 0 Å². The topological polar surface area (TPSA) is 58.4 Å². The van der Waals surface area contributed by atoms with E-state index in [4.69, 9.17) is 0 Å². The van der Waals surface area contributed by atoms with E-state index in [1.54, 1.807) is 28.5 Å². The molecular weight excluding hydrogens is 328 g/mol. The number of rotatable bonds is 4. The van der Waals surface area contributed by atoms with Crippen molar-refractivity contribution in [2.45, 2.75) is 33.2 Å². The summed E-state index contributed by atoms with van der Waals surface area (Å²) in [6.07, 6.45) is 0.831. The number of benzene rings is 1. The van der Waals surface area contributed by atoms with Gasteiger partial charge in [0.2, 0.25) is 5.91 Å². The minimum Gasteiger partial charge on any atom is -0.324 e. The number of carbonyl (C=O) groups is 2. The summed E-state index contributed by atoms with van der Waals surface area (Å²) in [6.45, 7) is 7.04. The Morgan fingerprint density at radius 3 is 2.58 bits per heavy atom. The zero-order valence-corrected chi connectivity index (χ0v) is 15.8. The van der Waals surface area contributed by atoms with Crippen molar-refractivity contribution < 1.29 is 9.59 Å². The van der Waals surface area contributed by atoms with E-state index in [0.29, 0.717) is 24.7 Å². The van der Waals surface area contributed by atoms with Crippen molar-refractivity contribution in [1.82, 2.24) is 14.7 Å². The lowest BCUT2D eigenvalue weighted by Gasteiger charge is -2.39. The summed E-state index contributed by atoms with van der Waals surface area (Å²) in [5.41, 5.74) is 2.32. The SMILES string of the molecule is CC(C)Cc1cc(C(=O)N2CCN(c3ccccc3)C(=O)[C@@H]2C)n(C)n1. The maximum Gasteiger partial charge on any atom is 0.272 e. The molecule has 0 bridgehead atoms. The highest BCUT2D eigenvalue weighted by Gasteiger charge is 2.36. The summed E-state index contributed by atoms with van der Waals surface area (Å²) in [5.74, 6) is 0.284. The number of piperazine rings is 1. The second kappa shape index (κ2) is 7.32. The summed E-state index contributed by atoms with van der Waals surface area (Å²) in [5, 5.41) is 4.45. The van der Waals surface area contributed by atoms with Gasteiger partial charge >= 0.3 is 0 Å². The van der Waals surface area contributed by atoms with Crippen LogP contribution in [0.4, 0.5) is 5.69 Å². The zero-order valence-electron chi connectivity index (χ0n) is 15.8. The number of aryl methyl sites for hydroxylation is 1. The number of nitrogens with zero attached hydrogens (tertiary/aromatic N) is 4. The molecule has 1 aliphatic rings. The molecule has 6 heteroatoms. The van der Waals surface area contributed by atoms with Crippen molar-refractivity contribution in [3.63, 3.8) is 0 Å². The van der Waals surface area contributed by atoms with Gasteiger partial charge in [-0.05, 0) is 37.5 Å². The van der Waals surface area contributed by atoms with Crippen LogP contribution in [0.5, 0.6) is 0 Å². The molecule has 6 nitrogen and oxygen atoms in total. The van der Waals surface area contributed by atoms with Gasteiger partial charge in [0.1, 0.15) is 11.7 Å². The number of carbonyl (C=O) groups excluding carboxylic acids is 2. The van der Waals surface area contributed by atoms with Gasteiger partial charge in [0.15, 0.2) is 0 Å². The molecule has 2 amide bonds. The molecule has 138 valence electrons. The van der Waals surface area contributed by atoms with Crippen LogP contribution in [0, 0.1) is 5.92 Å². The Labute approximate surface area is 154 Å². The Morgan fingerprint density at radius 2 is 1.92 bits per heavy atom. The summed E-state index contributed by atoms with van der Waals surface area (Å²) in [7, 11) is 1.78. The zero-order chi connectivity index (χ0) is 18.8. The first-order valence-electron chi connectivity index (χ1n) is 9.08. The predicted octanol–water partition coefficient (Wildman–Crippen LogP) is 2.50. The molecule has 3 rings (SSSR count). The minimum atomic E-state index is -0.500. The van der Waals surface area contributed by atoms with Gasteiger partial charge in [0.05, 0.1) is 5.69 Å². The van der Waals surface area contributed by atoms with Crippen molar-refractivity contribution >= 4 is 17.5 Å². The molecule has 1 fully saturated rings. The normalized spacial score (nSPS) is 17.9. The maximum atomic E-state index is 13.0. The van der Waals surface area contributed by atoms with Crippen molar-refractivity contribution in [1.29, 1.82) is 0 Å². The predicted molar refractivity (Wildman–Crippen MR) is 101 cm³/mol. The van der Waals surface area contributed by atoms with E-state index in [1.807, 2.05) is 36.4 Å². The van der Waals surface area contributed by atoms with Gasteiger partial charge < -0.3 is 9.80 Å². The molecule has 1 aromatic carbocycles. The fourth-order valence-electron chi connectivity index (χ4n) is 3.40. The van der Waals surface area contributed by atoms with Crippen molar-refractivity contribution in [2.75, 3.05) is 18.0 Å². The highest BCUT2D eigenvalue weighted by Crippen LogP contribution is 2.22. The smallest absolute Gasteiger partial charge is 0.272 e. The minimum absolute atomic E-state index is 0.0552. The van der Waals surface area contributed by atoms with Crippen molar-refractivity contribution in [3.05, 3.63) is 47.8 Å². The van der Waals surface area contributed by atoms with E-state index < -0.39 is 6.04 Å². The van der Waals surface area contributed by atoms with Crippen LogP contribution in [0.3, 0.4) is 0 Å². The first kappa shape index (κ1) is 18.2. The molecule has 1 aromatic heterocycles. The number of anilines is 1. The standard InChI is InChI=1S/C20H26N4O2/c1-14(2)12-16-13-18(22(4)21-16)20(26)23-10-11-24(19(25)15(23)3)17-8-6-5-7-9-17/h5-9,13-15H,10-12H2,1-4H3/t15-/m0/s1. The summed E-state index contributed by atoms with van der Waals surface area (Å²) >= 11 is 0. The lowest BCUT2D eigenvalue weighted by atomic mass is 10.1. The van der Waals surface area contributed by atoms with E-state index in [2.05, 4.69) is 18.9 Å². The molecule has 0 saturated carbocycles.